The monoisotopic (exact) mass is 128 g/mol. The van der Waals surface area contributed by atoms with Crippen LogP contribution in [-0.2, 0) is 0 Å². The summed E-state index contributed by atoms with van der Waals surface area (Å²) in [6, 6.07) is 0. The number of aliphatic hydroxyl groups excluding tert-OH is 1. The SMILES string of the molecule is CC(C)(O)CCO.[H-].[Na+]. The Morgan fingerprint density at radius 3 is 1.88 bits per heavy atom. The molecule has 2 nitrogen and oxygen atoms in total. The van der Waals surface area contributed by atoms with E-state index in [0.29, 0.717) is 6.42 Å². The minimum absolute atomic E-state index is 0. The van der Waals surface area contributed by atoms with Gasteiger partial charge in [-0.2, -0.15) is 0 Å². The summed E-state index contributed by atoms with van der Waals surface area (Å²) in [5.41, 5.74) is -0.700. The van der Waals surface area contributed by atoms with E-state index in [0.717, 1.165) is 0 Å². The van der Waals surface area contributed by atoms with E-state index in [1.807, 2.05) is 0 Å². The Morgan fingerprint density at radius 2 is 1.88 bits per heavy atom. The standard InChI is InChI=1S/C5H12O2.Na.H/c1-5(2,7)3-4-6;;/h6-7H,3-4H2,1-2H3;;/q;+1;-1. The summed E-state index contributed by atoms with van der Waals surface area (Å²) >= 11 is 0. The number of rotatable bonds is 2. The van der Waals surface area contributed by atoms with Crippen LogP contribution in [0.2, 0.25) is 0 Å². The fourth-order valence-corrected chi connectivity index (χ4v) is 0.274. The van der Waals surface area contributed by atoms with Gasteiger partial charge >= 0.3 is 29.6 Å². The topological polar surface area (TPSA) is 40.5 Å². The predicted molar refractivity (Wildman–Crippen MR) is 29.1 cm³/mol. The average molecular weight is 128 g/mol. The molecule has 46 valence electrons. The van der Waals surface area contributed by atoms with Crippen LogP contribution in [0.1, 0.15) is 21.7 Å². The maximum Gasteiger partial charge on any atom is 1.00 e. The van der Waals surface area contributed by atoms with E-state index in [2.05, 4.69) is 0 Å². The normalized spacial score (nSPS) is 10.5. The largest absolute Gasteiger partial charge is 1.00 e. The third kappa shape index (κ3) is 10.0. The van der Waals surface area contributed by atoms with E-state index in [9.17, 15) is 0 Å². The third-order valence-corrected chi connectivity index (χ3v) is 0.724. The second-order valence-corrected chi connectivity index (χ2v) is 2.29. The molecule has 0 radical (unpaired) electrons. The van der Waals surface area contributed by atoms with Crippen molar-refractivity contribution in [3.05, 3.63) is 0 Å². The van der Waals surface area contributed by atoms with Crippen molar-refractivity contribution in [1.82, 2.24) is 0 Å². The maximum absolute atomic E-state index is 8.86. The first-order valence-corrected chi connectivity index (χ1v) is 2.39. The predicted octanol–water partition coefficient (Wildman–Crippen LogP) is -2.74. The van der Waals surface area contributed by atoms with Crippen LogP contribution < -0.4 is 29.6 Å². The smallest absolute Gasteiger partial charge is 1.00 e. The first-order chi connectivity index (χ1) is 3.06. The number of hydrogen-bond donors (Lipinski definition) is 2. The molecule has 0 aliphatic carbocycles. The first-order valence-electron chi connectivity index (χ1n) is 2.39. The second-order valence-electron chi connectivity index (χ2n) is 2.29. The molecule has 0 saturated heterocycles. The van der Waals surface area contributed by atoms with Crippen LogP contribution in [0.4, 0.5) is 0 Å². The molecule has 2 N–H and O–H groups in total. The average Bonchev–Trinajstić information content (AvgIpc) is 1.30. The van der Waals surface area contributed by atoms with Crippen LogP contribution in [0.25, 0.3) is 0 Å². The summed E-state index contributed by atoms with van der Waals surface area (Å²) in [4.78, 5) is 0. The fourth-order valence-electron chi connectivity index (χ4n) is 0.274. The van der Waals surface area contributed by atoms with Gasteiger partial charge in [-0.1, -0.05) is 0 Å². The molecule has 0 aliphatic heterocycles. The molecule has 8 heavy (non-hydrogen) atoms. The minimum atomic E-state index is -0.700. The molecule has 0 atom stereocenters. The number of hydrogen-bond acceptors (Lipinski definition) is 2. The summed E-state index contributed by atoms with van der Waals surface area (Å²) in [6.07, 6.45) is 0.451. The molecule has 3 heteroatoms. The van der Waals surface area contributed by atoms with Crippen molar-refractivity contribution in [3.63, 3.8) is 0 Å². The van der Waals surface area contributed by atoms with Crippen LogP contribution in [-0.4, -0.2) is 22.4 Å². The summed E-state index contributed by atoms with van der Waals surface area (Å²) in [6.45, 7) is 3.40. The zero-order valence-corrected chi connectivity index (χ0v) is 7.81. The second kappa shape index (κ2) is 4.77. The van der Waals surface area contributed by atoms with Crippen molar-refractivity contribution in [2.75, 3.05) is 6.61 Å². The molecule has 0 saturated carbocycles. The molecule has 0 aromatic carbocycles. The summed E-state index contributed by atoms with van der Waals surface area (Å²) < 4.78 is 0. The van der Waals surface area contributed by atoms with Crippen molar-refractivity contribution in [2.45, 2.75) is 25.9 Å². The zero-order valence-electron chi connectivity index (χ0n) is 6.81. The van der Waals surface area contributed by atoms with Gasteiger partial charge in [0.2, 0.25) is 0 Å². The van der Waals surface area contributed by atoms with E-state index in [-0.39, 0.29) is 37.6 Å². The van der Waals surface area contributed by atoms with Crippen molar-refractivity contribution < 1.29 is 41.2 Å². The van der Waals surface area contributed by atoms with Crippen molar-refractivity contribution in [1.29, 1.82) is 0 Å². The molecule has 0 fully saturated rings. The van der Waals surface area contributed by atoms with Crippen LogP contribution >= 0.6 is 0 Å². The zero-order chi connectivity index (χ0) is 5.91. The van der Waals surface area contributed by atoms with Gasteiger partial charge in [-0.3, -0.25) is 0 Å². The molecule has 0 heterocycles. The summed E-state index contributed by atoms with van der Waals surface area (Å²) in [7, 11) is 0. The van der Waals surface area contributed by atoms with Gasteiger partial charge in [0, 0.05) is 6.61 Å². The summed E-state index contributed by atoms with van der Waals surface area (Å²) in [5, 5.41) is 17.1. The molecular formula is C5H13NaO2. The van der Waals surface area contributed by atoms with Crippen LogP contribution in [0.5, 0.6) is 0 Å². The summed E-state index contributed by atoms with van der Waals surface area (Å²) in [5.74, 6) is 0. The third-order valence-electron chi connectivity index (χ3n) is 0.724. The van der Waals surface area contributed by atoms with Crippen LogP contribution in [0.3, 0.4) is 0 Å². The van der Waals surface area contributed by atoms with Gasteiger partial charge in [0.05, 0.1) is 5.60 Å². The van der Waals surface area contributed by atoms with E-state index in [4.69, 9.17) is 10.2 Å². The Labute approximate surface area is 73.7 Å². The maximum atomic E-state index is 8.86. The number of aliphatic hydroxyl groups is 2. The van der Waals surface area contributed by atoms with Gasteiger partial charge in [-0.15, -0.1) is 0 Å². The minimum Gasteiger partial charge on any atom is -1.00 e. The Bertz CT molecular complexity index is 53.4. The fraction of sp³-hybridized carbons (Fsp3) is 1.00. The van der Waals surface area contributed by atoms with Gasteiger partial charge in [-0.25, -0.2) is 0 Å². The van der Waals surface area contributed by atoms with Crippen molar-refractivity contribution >= 4 is 0 Å². The molecule has 0 aromatic rings. The Morgan fingerprint density at radius 1 is 1.50 bits per heavy atom. The van der Waals surface area contributed by atoms with Gasteiger partial charge in [0.1, 0.15) is 0 Å². The molecular weight excluding hydrogens is 115 g/mol. The molecule has 0 amide bonds. The Balaban J connectivity index is -0.000000180. The molecule has 0 aromatic heterocycles. The van der Waals surface area contributed by atoms with Gasteiger partial charge in [0.15, 0.2) is 0 Å². The van der Waals surface area contributed by atoms with E-state index < -0.39 is 5.60 Å². The van der Waals surface area contributed by atoms with Crippen molar-refractivity contribution in [3.8, 4) is 0 Å². The van der Waals surface area contributed by atoms with Gasteiger partial charge < -0.3 is 11.6 Å². The van der Waals surface area contributed by atoms with Gasteiger partial charge in [0.25, 0.3) is 0 Å². The van der Waals surface area contributed by atoms with Gasteiger partial charge in [-0.05, 0) is 20.3 Å². The molecule has 0 rings (SSSR count). The van der Waals surface area contributed by atoms with Crippen LogP contribution in [0, 0.1) is 0 Å². The molecule has 0 aliphatic rings. The molecule has 0 bridgehead atoms. The first kappa shape index (κ1) is 11.7. The molecule has 0 unspecified atom stereocenters. The Kier molecular flexibility index (Phi) is 6.96. The van der Waals surface area contributed by atoms with E-state index in [1.165, 1.54) is 0 Å². The molecule has 0 spiro atoms. The van der Waals surface area contributed by atoms with E-state index >= 15 is 0 Å². The quantitative estimate of drug-likeness (QED) is 0.396. The van der Waals surface area contributed by atoms with E-state index in [1.54, 1.807) is 13.8 Å². The Hall–Kier alpha value is 0.920. The van der Waals surface area contributed by atoms with Crippen LogP contribution in [0.15, 0.2) is 0 Å². The van der Waals surface area contributed by atoms with Crippen molar-refractivity contribution in [2.24, 2.45) is 0 Å².